The number of aromatic nitrogens is 1. The van der Waals surface area contributed by atoms with Crippen molar-refractivity contribution in [3.8, 4) is 10.6 Å². The van der Waals surface area contributed by atoms with E-state index in [1.807, 2.05) is 28.5 Å². The van der Waals surface area contributed by atoms with Gasteiger partial charge in [0, 0.05) is 13.1 Å². The highest BCUT2D eigenvalue weighted by Crippen LogP contribution is 2.29. The van der Waals surface area contributed by atoms with Crippen LogP contribution in [0.2, 0.25) is 0 Å². The van der Waals surface area contributed by atoms with Gasteiger partial charge in [-0.15, -0.1) is 11.3 Å². The van der Waals surface area contributed by atoms with E-state index < -0.39 is 5.91 Å². The van der Waals surface area contributed by atoms with Crippen LogP contribution in [0, 0.1) is 11.8 Å². The number of rotatable bonds is 4. The molecule has 0 radical (unpaired) electrons. The molecule has 3 heterocycles. The van der Waals surface area contributed by atoms with Gasteiger partial charge in [0.05, 0.1) is 16.1 Å². The second-order valence-electron chi connectivity index (χ2n) is 7.66. The van der Waals surface area contributed by atoms with Crippen molar-refractivity contribution in [2.45, 2.75) is 20.3 Å². The molecule has 4 rings (SSSR count). The van der Waals surface area contributed by atoms with Gasteiger partial charge in [0.1, 0.15) is 0 Å². The standard InChI is InChI=1S/C22H23N3O3S/c1-14-10-15(2)12-25(11-14)22(27)16-6-3-4-7-17(16)24-21(26)19-20(28-13-23-19)18-8-5-9-29-18/h3-9,13-15H,10-12H2,1-2H3,(H,24,26). The van der Waals surface area contributed by atoms with Gasteiger partial charge in [0.15, 0.2) is 17.8 Å². The molecule has 150 valence electrons. The van der Waals surface area contributed by atoms with Crippen LogP contribution in [0.5, 0.6) is 0 Å². The Morgan fingerprint density at radius 1 is 1.14 bits per heavy atom. The van der Waals surface area contributed by atoms with Crippen LogP contribution in [-0.2, 0) is 0 Å². The third-order valence-corrected chi connectivity index (χ3v) is 5.96. The molecule has 3 aromatic rings. The van der Waals surface area contributed by atoms with Crippen LogP contribution in [-0.4, -0.2) is 34.8 Å². The summed E-state index contributed by atoms with van der Waals surface area (Å²) in [6.45, 7) is 5.80. The second kappa shape index (κ2) is 8.21. The molecule has 1 aliphatic rings. The highest BCUT2D eigenvalue weighted by molar-refractivity contribution is 7.13. The molecule has 0 spiro atoms. The van der Waals surface area contributed by atoms with Crippen LogP contribution in [0.1, 0.15) is 41.1 Å². The van der Waals surface area contributed by atoms with E-state index in [2.05, 4.69) is 24.1 Å². The Balaban J connectivity index is 1.57. The zero-order valence-corrected chi connectivity index (χ0v) is 17.2. The van der Waals surface area contributed by atoms with E-state index in [0.29, 0.717) is 28.8 Å². The smallest absolute Gasteiger partial charge is 0.278 e. The van der Waals surface area contributed by atoms with Crippen molar-refractivity contribution in [1.82, 2.24) is 9.88 Å². The van der Waals surface area contributed by atoms with Gasteiger partial charge in [-0.1, -0.05) is 32.0 Å². The first-order chi connectivity index (χ1) is 14.0. The number of para-hydroxylation sites is 1. The van der Waals surface area contributed by atoms with E-state index >= 15 is 0 Å². The van der Waals surface area contributed by atoms with Crippen molar-refractivity contribution in [3.05, 3.63) is 59.4 Å². The van der Waals surface area contributed by atoms with Crippen LogP contribution < -0.4 is 5.32 Å². The van der Waals surface area contributed by atoms with Crippen LogP contribution in [0.15, 0.2) is 52.6 Å². The van der Waals surface area contributed by atoms with E-state index in [-0.39, 0.29) is 11.6 Å². The Hall–Kier alpha value is -2.93. The number of anilines is 1. The van der Waals surface area contributed by atoms with E-state index in [9.17, 15) is 9.59 Å². The number of benzene rings is 1. The zero-order valence-electron chi connectivity index (χ0n) is 16.4. The van der Waals surface area contributed by atoms with Gasteiger partial charge in [-0.2, -0.15) is 0 Å². The van der Waals surface area contributed by atoms with Crippen molar-refractivity contribution < 1.29 is 14.0 Å². The topological polar surface area (TPSA) is 75.4 Å². The molecule has 0 aliphatic carbocycles. The van der Waals surface area contributed by atoms with Gasteiger partial charge in [-0.3, -0.25) is 9.59 Å². The minimum atomic E-state index is -0.400. The summed E-state index contributed by atoms with van der Waals surface area (Å²) in [4.78, 5) is 32.9. The number of hydrogen-bond acceptors (Lipinski definition) is 5. The molecule has 0 bridgehead atoms. The third-order valence-electron chi connectivity index (χ3n) is 5.09. The molecule has 7 heteroatoms. The van der Waals surface area contributed by atoms with Gasteiger partial charge in [-0.25, -0.2) is 4.98 Å². The molecule has 1 N–H and O–H groups in total. The molecule has 1 fully saturated rings. The Morgan fingerprint density at radius 3 is 2.62 bits per heavy atom. The molecular weight excluding hydrogens is 386 g/mol. The SMILES string of the molecule is CC1CC(C)CN(C(=O)c2ccccc2NC(=O)c2ncoc2-c2cccs2)C1. The van der Waals surface area contributed by atoms with Crippen LogP contribution >= 0.6 is 11.3 Å². The molecule has 1 aliphatic heterocycles. The Morgan fingerprint density at radius 2 is 1.90 bits per heavy atom. The summed E-state index contributed by atoms with van der Waals surface area (Å²) in [5.41, 5.74) is 1.17. The number of likely N-dealkylation sites (tertiary alicyclic amines) is 1. The van der Waals surface area contributed by atoms with Gasteiger partial charge in [-0.05, 0) is 41.8 Å². The van der Waals surface area contributed by atoms with Crippen LogP contribution in [0.3, 0.4) is 0 Å². The normalized spacial score (nSPS) is 19.2. The number of thiophene rings is 1. The number of carbonyl (C=O) groups is 2. The summed E-state index contributed by atoms with van der Waals surface area (Å²) < 4.78 is 5.43. The summed E-state index contributed by atoms with van der Waals surface area (Å²) in [5.74, 6) is 0.904. The number of nitrogens with one attached hydrogen (secondary N) is 1. The predicted octanol–water partition coefficient (Wildman–Crippen LogP) is 4.77. The van der Waals surface area contributed by atoms with E-state index in [1.165, 1.54) is 17.7 Å². The monoisotopic (exact) mass is 409 g/mol. The Kier molecular flexibility index (Phi) is 5.49. The maximum atomic E-state index is 13.2. The van der Waals surface area contributed by atoms with Crippen LogP contribution in [0.4, 0.5) is 5.69 Å². The van der Waals surface area contributed by atoms with Gasteiger partial charge in [0.25, 0.3) is 11.8 Å². The Bertz CT molecular complexity index is 1000. The molecule has 1 saturated heterocycles. The molecule has 2 unspecified atom stereocenters. The first-order valence-electron chi connectivity index (χ1n) is 9.70. The number of amides is 2. The minimum absolute atomic E-state index is 0.0575. The third kappa shape index (κ3) is 4.10. The van der Waals surface area contributed by atoms with Crippen molar-refractivity contribution in [2.75, 3.05) is 18.4 Å². The summed E-state index contributed by atoms with van der Waals surface area (Å²) >= 11 is 1.47. The maximum Gasteiger partial charge on any atom is 0.278 e. The van der Waals surface area contributed by atoms with Crippen molar-refractivity contribution in [3.63, 3.8) is 0 Å². The lowest BCUT2D eigenvalue weighted by atomic mass is 9.91. The average Bonchev–Trinajstić information content (AvgIpc) is 3.38. The zero-order chi connectivity index (χ0) is 20.4. The lowest BCUT2D eigenvalue weighted by Gasteiger charge is -2.35. The molecule has 0 saturated carbocycles. The fourth-order valence-corrected chi connectivity index (χ4v) is 4.66. The first-order valence-corrected chi connectivity index (χ1v) is 10.6. The van der Waals surface area contributed by atoms with Crippen LogP contribution in [0.25, 0.3) is 10.6 Å². The number of hydrogen-bond donors (Lipinski definition) is 1. The molecule has 2 atom stereocenters. The summed E-state index contributed by atoms with van der Waals surface area (Å²) in [5, 5.41) is 4.76. The number of nitrogens with zero attached hydrogens (tertiary/aromatic N) is 2. The van der Waals surface area contributed by atoms with E-state index in [4.69, 9.17) is 4.42 Å². The second-order valence-corrected chi connectivity index (χ2v) is 8.61. The molecule has 1 aromatic carbocycles. The van der Waals surface area contributed by atoms with Crippen molar-refractivity contribution in [1.29, 1.82) is 0 Å². The molecule has 2 amide bonds. The van der Waals surface area contributed by atoms with Gasteiger partial charge in [0.2, 0.25) is 0 Å². The highest BCUT2D eigenvalue weighted by atomic mass is 32.1. The highest BCUT2D eigenvalue weighted by Gasteiger charge is 2.28. The van der Waals surface area contributed by atoms with Crippen molar-refractivity contribution in [2.24, 2.45) is 11.8 Å². The summed E-state index contributed by atoms with van der Waals surface area (Å²) in [6, 6.07) is 10.9. The quantitative estimate of drug-likeness (QED) is 0.673. The summed E-state index contributed by atoms with van der Waals surface area (Å²) in [7, 11) is 0. The fraction of sp³-hybridized carbons (Fsp3) is 0.318. The minimum Gasteiger partial charge on any atom is -0.442 e. The van der Waals surface area contributed by atoms with Crippen molar-refractivity contribution >= 4 is 28.8 Å². The molecule has 6 nitrogen and oxygen atoms in total. The maximum absolute atomic E-state index is 13.2. The predicted molar refractivity (Wildman–Crippen MR) is 113 cm³/mol. The van der Waals surface area contributed by atoms with E-state index in [1.54, 1.807) is 18.2 Å². The van der Waals surface area contributed by atoms with E-state index in [0.717, 1.165) is 24.4 Å². The average molecular weight is 410 g/mol. The number of piperidine rings is 1. The number of oxazole rings is 1. The lowest BCUT2D eigenvalue weighted by Crippen LogP contribution is -2.42. The molecule has 2 aromatic heterocycles. The Labute approximate surface area is 173 Å². The largest absolute Gasteiger partial charge is 0.442 e. The molecule has 29 heavy (non-hydrogen) atoms. The fourth-order valence-electron chi connectivity index (χ4n) is 3.95. The lowest BCUT2D eigenvalue weighted by molar-refractivity contribution is 0.0624. The first kappa shape index (κ1) is 19.4. The number of carbonyl (C=O) groups excluding carboxylic acids is 2. The van der Waals surface area contributed by atoms with Gasteiger partial charge >= 0.3 is 0 Å². The summed E-state index contributed by atoms with van der Waals surface area (Å²) in [6.07, 6.45) is 2.39. The van der Waals surface area contributed by atoms with Gasteiger partial charge < -0.3 is 14.6 Å². The molecular formula is C22H23N3O3S.